The highest BCUT2D eigenvalue weighted by atomic mass is 28.3. The van der Waals surface area contributed by atoms with Crippen molar-refractivity contribution in [3.05, 3.63) is 72.3 Å². The Hall–Kier alpha value is -3.27. The molecule has 0 atom stereocenters. The van der Waals surface area contributed by atoms with E-state index < -0.39 is 19.9 Å². The van der Waals surface area contributed by atoms with E-state index in [1.165, 1.54) is 6.20 Å². The van der Waals surface area contributed by atoms with Gasteiger partial charge in [0.1, 0.15) is 0 Å². The number of halogens is 3. The molecule has 10 heteroatoms. The van der Waals surface area contributed by atoms with Crippen LogP contribution >= 0.6 is 0 Å². The van der Waals surface area contributed by atoms with E-state index in [1.807, 2.05) is 43.5 Å². The lowest BCUT2D eigenvalue weighted by Crippen LogP contribution is -2.55. The molecule has 6 nitrogen and oxygen atoms in total. The third-order valence-electron chi connectivity index (χ3n) is 4.82. The zero-order chi connectivity index (χ0) is 21.5. The number of pyridine rings is 2. The third kappa shape index (κ3) is 3.77. The van der Waals surface area contributed by atoms with Gasteiger partial charge in [-0.2, -0.15) is 23.4 Å². The van der Waals surface area contributed by atoms with Crippen LogP contribution in [0.5, 0.6) is 0 Å². The fourth-order valence-electron chi connectivity index (χ4n) is 3.07. The van der Waals surface area contributed by atoms with Gasteiger partial charge in [0.15, 0.2) is 25.4 Å². The van der Waals surface area contributed by atoms with E-state index in [0.717, 1.165) is 27.1 Å². The van der Waals surface area contributed by atoms with Crippen molar-refractivity contribution in [1.82, 2.24) is 29.5 Å². The summed E-state index contributed by atoms with van der Waals surface area (Å²) in [4.78, 5) is 9.42. The average molecular weight is 428 g/mol. The Morgan fingerprint density at radius 2 is 1.30 bits per heavy atom. The molecular weight excluding hydrogens is 409 g/mol. The first-order chi connectivity index (χ1) is 14.1. The maximum Gasteiger partial charge on any atom is 0.435 e. The molecule has 0 bridgehead atoms. The molecule has 0 N–H and O–H groups in total. The number of nitrogens with zero attached hydrogens (tertiary/aromatic N) is 6. The number of rotatable bonds is 4. The Labute approximate surface area is 172 Å². The molecule has 0 saturated heterocycles. The summed E-state index contributed by atoms with van der Waals surface area (Å²) in [6.45, 7) is 6.11. The predicted octanol–water partition coefficient (Wildman–Crippen LogP) is 3.00. The van der Waals surface area contributed by atoms with E-state index in [0.29, 0.717) is 11.6 Å². The number of aromatic nitrogens is 6. The smallest absolute Gasteiger partial charge is 0.238 e. The molecule has 0 aliphatic heterocycles. The van der Waals surface area contributed by atoms with E-state index in [1.54, 1.807) is 16.8 Å². The van der Waals surface area contributed by atoms with Crippen LogP contribution in [-0.2, 0) is 6.18 Å². The Bertz CT molecular complexity index is 1190. The molecule has 4 rings (SSSR count). The highest BCUT2D eigenvalue weighted by Crippen LogP contribution is 2.27. The second-order valence-corrected chi connectivity index (χ2v) is 11.7. The molecule has 0 aromatic carbocycles. The van der Waals surface area contributed by atoms with E-state index in [2.05, 4.69) is 28.3 Å². The molecule has 4 aromatic rings. The fourth-order valence-corrected chi connectivity index (χ4v) is 5.15. The van der Waals surface area contributed by atoms with Gasteiger partial charge >= 0.3 is 6.18 Å². The largest absolute Gasteiger partial charge is 0.435 e. The summed E-state index contributed by atoms with van der Waals surface area (Å²) in [5.41, 5.74) is -0.0550. The summed E-state index contributed by atoms with van der Waals surface area (Å²) >= 11 is 0. The lowest BCUT2D eigenvalue weighted by Gasteiger charge is -2.22. The van der Waals surface area contributed by atoms with Gasteiger partial charge in [0.05, 0.1) is 5.69 Å². The Morgan fingerprint density at radius 3 is 1.77 bits per heavy atom. The molecule has 0 fully saturated rings. The van der Waals surface area contributed by atoms with Gasteiger partial charge in [0.2, 0.25) is 0 Å². The molecule has 0 saturated carbocycles. The molecule has 0 radical (unpaired) electrons. The van der Waals surface area contributed by atoms with Crippen LogP contribution in [0, 0.1) is 6.92 Å². The minimum Gasteiger partial charge on any atom is -0.238 e. The van der Waals surface area contributed by atoms with Crippen LogP contribution in [0.2, 0.25) is 13.1 Å². The quantitative estimate of drug-likeness (QED) is 0.469. The standard InChI is InChI=1S/C20H19F3N6Si/c1-14-10-12-28(26-14)16-6-4-8-18(24-16)30(2,3)19-9-5-7-17(25-19)29-13-11-15(27-29)20(21,22)23/h4-13H,1-3H3. The van der Waals surface area contributed by atoms with Gasteiger partial charge in [-0.05, 0) is 43.3 Å². The first-order valence-corrected chi connectivity index (χ1v) is 12.3. The SMILES string of the molecule is Cc1ccn(-c2cccc([Si](C)(C)c3cccc(-n4ccc(C(F)(F)F)n4)n3)n2)n1. The van der Waals surface area contributed by atoms with Crippen LogP contribution in [0.25, 0.3) is 11.6 Å². The highest BCUT2D eigenvalue weighted by Gasteiger charge is 2.34. The average Bonchev–Trinajstić information content (AvgIpc) is 3.37. The van der Waals surface area contributed by atoms with Crippen molar-refractivity contribution in [2.24, 2.45) is 0 Å². The van der Waals surface area contributed by atoms with Gasteiger partial charge in [-0.25, -0.2) is 19.3 Å². The summed E-state index contributed by atoms with van der Waals surface area (Å²) in [5, 5.41) is 9.72. The predicted molar refractivity (Wildman–Crippen MR) is 109 cm³/mol. The summed E-state index contributed by atoms with van der Waals surface area (Å²) in [7, 11) is -2.33. The van der Waals surface area contributed by atoms with Crippen molar-refractivity contribution in [2.45, 2.75) is 26.2 Å². The van der Waals surface area contributed by atoms with Gasteiger partial charge < -0.3 is 0 Å². The van der Waals surface area contributed by atoms with Crippen molar-refractivity contribution >= 4 is 18.7 Å². The zero-order valence-electron chi connectivity index (χ0n) is 16.6. The molecule has 0 amide bonds. The van der Waals surface area contributed by atoms with E-state index in [-0.39, 0.29) is 0 Å². The van der Waals surface area contributed by atoms with E-state index >= 15 is 0 Å². The molecule has 4 heterocycles. The Balaban J connectivity index is 1.70. The maximum atomic E-state index is 12.9. The second kappa shape index (κ2) is 7.20. The minimum absolute atomic E-state index is 0.336. The van der Waals surface area contributed by atoms with Crippen molar-refractivity contribution in [1.29, 1.82) is 0 Å². The van der Waals surface area contributed by atoms with E-state index in [4.69, 9.17) is 4.98 Å². The van der Waals surface area contributed by atoms with Crippen LogP contribution in [-0.4, -0.2) is 37.6 Å². The van der Waals surface area contributed by atoms with Crippen molar-refractivity contribution in [2.75, 3.05) is 0 Å². The first-order valence-electron chi connectivity index (χ1n) is 9.25. The van der Waals surface area contributed by atoms with Crippen LogP contribution < -0.4 is 10.6 Å². The van der Waals surface area contributed by atoms with Crippen LogP contribution in [0.4, 0.5) is 13.2 Å². The van der Waals surface area contributed by atoms with Gasteiger partial charge in [-0.1, -0.05) is 25.2 Å². The van der Waals surface area contributed by atoms with Gasteiger partial charge in [-0.15, -0.1) is 0 Å². The monoisotopic (exact) mass is 428 g/mol. The number of aryl methyl sites for hydroxylation is 1. The molecular formula is C20H19F3N6Si. The Kier molecular flexibility index (Phi) is 4.81. The zero-order valence-corrected chi connectivity index (χ0v) is 17.6. The molecule has 0 unspecified atom stereocenters. The summed E-state index contributed by atoms with van der Waals surface area (Å²) in [5.74, 6) is 1.04. The minimum atomic E-state index is -4.49. The van der Waals surface area contributed by atoms with Gasteiger partial charge in [0.25, 0.3) is 0 Å². The van der Waals surface area contributed by atoms with Gasteiger partial charge in [0, 0.05) is 23.0 Å². The molecule has 30 heavy (non-hydrogen) atoms. The van der Waals surface area contributed by atoms with Crippen LogP contribution in [0.3, 0.4) is 0 Å². The molecule has 4 aromatic heterocycles. The summed E-state index contributed by atoms with van der Waals surface area (Å²) < 4.78 is 41.5. The molecule has 0 aliphatic carbocycles. The number of hydrogen-bond acceptors (Lipinski definition) is 4. The second-order valence-electron chi connectivity index (χ2n) is 7.43. The lowest BCUT2D eigenvalue weighted by atomic mass is 10.4. The van der Waals surface area contributed by atoms with Crippen molar-refractivity contribution in [3.8, 4) is 11.6 Å². The maximum absolute atomic E-state index is 12.9. The normalized spacial score (nSPS) is 12.3. The highest BCUT2D eigenvalue weighted by molar-refractivity contribution is 6.99. The van der Waals surface area contributed by atoms with Crippen LogP contribution in [0.1, 0.15) is 11.4 Å². The summed E-state index contributed by atoms with van der Waals surface area (Å²) in [6, 6.07) is 13.9. The molecule has 154 valence electrons. The lowest BCUT2D eigenvalue weighted by molar-refractivity contribution is -0.141. The van der Waals surface area contributed by atoms with Crippen LogP contribution in [0.15, 0.2) is 60.9 Å². The summed E-state index contributed by atoms with van der Waals surface area (Å²) in [6.07, 6.45) is -1.38. The first kappa shape index (κ1) is 20.0. The molecule has 0 aliphatic rings. The Morgan fingerprint density at radius 1 is 0.767 bits per heavy atom. The fraction of sp³-hybridized carbons (Fsp3) is 0.200. The third-order valence-corrected chi connectivity index (χ3v) is 7.94. The van der Waals surface area contributed by atoms with E-state index in [9.17, 15) is 13.2 Å². The van der Waals surface area contributed by atoms with Crippen molar-refractivity contribution < 1.29 is 13.2 Å². The van der Waals surface area contributed by atoms with Gasteiger partial charge in [-0.3, -0.25) is 0 Å². The number of alkyl halides is 3. The topological polar surface area (TPSA) is 61.4 Å². The number of hydrogen-bond donors (Lipinski definition) is 0. The van der Waals surface area contributed by atoms with Crippen molar-refractivity contribution in [3.63, 3.8) is 0 Å². The molecule has 0 spiro atoms.